The van der Waals surface area contributed by atoms with Gasteiger partial charge in [0.15, 0.2) is 0 Å². The Labute approximate surface area is 218 Å². The molecule has 1 saturated heterocycles. The fourth-order valence-electron chi connectivity index (χ4n) is 4.46. The number of methoxy groups -OCH3 is 2. The second kappa shape index (κ2) is 11.6. The van der Waals surface area contributed by atoms with Crippen LogP contribution in [0, 0.1) is 0 Å². The van der Waals surface area contributed by atoms with Crippen molar-refractivity contribution in [1.29, 1.82) is 0 Å². The van der Waals surface area contributed by atoms with Crippen LogP contribution in [0.5, 0.6) is 11.5 Å². The topological polar surface area (TPSA) is 88.2 Å². The Morgan fingerprint density at radius 1 is 0.946 bits per heavy atom. The molecular formula is C28H33N3O5S. The summed E-state index contributed by atoms with van der Waals surface area (Å²) in [6.45, 7) is 3.60. The van der Waals surface area contributed by atoms with Crippen molar-refractivity contribution in [2.75, 3.05) is 43.1 Å². The summed E-state index contributed by atoms with van der Waals surface area (Å²) in [6.07, 6.45) is 2.41. The van der Waals surface area contributed by atoms with Crippen molar-refractivity contribution in [1.82, 2.24) is 5.32 Å². The molecule has 9 heteroatoms. The molecule has 1 aliphatic heterocycles. The van der Waals surface area contributed by atoms with Crippen molar-refractivity contribution in [2.24, 2.45) is 0 Å². The van der Waals surface area contributed by atoms with Crippen molar-refractivity contribution < 1.29 is 22.7 Å². The van der Waals surface area contributed by atoms with E-state index in [-0.39, 0.29) is 16.6 Å². The molecule has 1 atom stereocenters. The van der Waals surface area contributed by atoms with E-state index < -0.39 is 22.5 Å². The molecule has 4 rings (SSSR count). The zero-order valence-electron chi connectivity index (χ0n) is 21.4. The van der Waals surface area contributed by atoms with Gasteiger partial charge in [0, 0.05) is 18.8 Å². The number of nitrogens with zero attached hydrogens (tertiary/aromatic N) is 2. The first-order chi connectivity index (χ1) is 17.8. The molecule has 1 unspecified atom stereocenters. The maximum Gasteiger partial charge on any atom is 0.264 e. The lowest BCUT2D eigenvalue weighted by Gasteiger charge is -2.26. The molecule has 0 saturated carbocycles. The third-order valence-corrected chi connectivity index (χ3v) is 8.30. The lowest BCUT2D eigenvalue weighted by molar-refractivity contribution is -0.120. The number of hydrogen-bond donors (Lipinski definition) is 1. The molecule has 1 aliphatic rings. The number of anilines is 2. The minimum absolute atomic E-state index is 0.0394. The molecule has 1 heterocycles. The number of carbonyl (C=O) groups is 1. The maximum absolute atomic E-state index is 13.7. The SMILES string of the molecule is COc1ccc(S(=O)(=O)N(CC(=O)NC(C)c2ccc(N3CCCC3)cc2)c2ccccc2OC)cc1. The van der Waals surface area contributed by atoms with Crippen LogP contribution in [0.2, 0.25) is 0 Å². The van der Waals surface area contributed by atoms with Crippen molar-refractivity contribution in [3.05, 3.63) is 78.4 Å². The largest absolute Gasteiger partial charge is 0.497 e. The van der Waals surface area contributed by atoms with Crippen molar-refractivity contribution in [2.45, 2.75) is 30.7 Å². The molecule has 3 aromatic rings. The van der Waals surface area contributed by atoms with Crippen LogP contribution in [-0.4, -0.2) is 48.2 Å². The molecule has 1 fully saturated rings. The van der Waals surface area contributed by atoms with E-state index in [0.29, 0.717) is 11.5 Å². The van der Waals surface area contributed by atoms with E-state index in [0.717, 1.165) is 23.0 Å². The van der Waals surface area contributed by atoms with E-state index in [9.17, 15) is 13.2 Å². The molecule has 37 heavy (non-hydrogen) atoms. The first-order valence-corrected chi connectivity index (χ1v) is 13.7. The van der Waals surface area contributed by atoms with Gasteiger partial charge in [-0.05, 0) is 73.9 Å². The van der Waals surface area contributed by atoms with E-state index in [4.69, 9.17) is 9.47 Å². The summed E-state index contributed by atoms with van der Waals surface area (Å²) in [6, 6.07) is 20.6. The first kappa shape index (κ1) is 26.3. The van der Waals surface area contributed by atoms with Gasteiger partial charge >= 0.3 is 0 Å². The zero-order chi connectivity index (χ0) is 26.4. The van der Waals surface area contributed by atoms with Gasteiger partial charge in [0.2, 0.25) is 5.91 Å². The van der Waals surface area contributed by atoms with Crippen LogP contribution in [0.25, 0.3) is 0 Å². The summed E-state index contributed by atoms with van der Waals surface area (Å²) in [5.74, 6) is 0.446. The molecule has 0 radical (unpaired) electrons. The number of benzene rings is 3. The Hall–Kier alpha value is -3.72. The van der Waals surface area contributed by atoms with Gasteiger partial charge < -0.3 is 19.7 Å². The number of sulfonamides is 1. The molecule has 0 spiro atoms. The van der Waals surface area contributed by atoms with Crippen LogP contribution in [0.1, 0.15) is 31.4 Å². The van der Waals surface area contributed by atoms with Gasteiger partial charge in [0.25, 0.3) is 10.0 Å². The second-order valence-corrected chi connectivity index (χ2v) is 10.8. The third kappa shape index (κ3) is 5.99. The molecule has 8 nitrogen and oxygen atoms in total. The second-order valence-electron chi connectivity index (χ2n) is 8.93. The highest BCUT2D eigenvalue weighted by atomic mass is 32.2. The Balaban J connectivity index is 1.55. The van der Waals surface area contributed by atoms with E-state index in [1.807, 2.05) is 19.1 Å². The number of rotatable bonds is 10. The van der Waals surface area contributed by atoms with Gasteiger partial charge in [0.05, 0.1) is 30.8 Å². The number of nitrogens with one attached hydrogen (secondary N) is 1. The van der Waals surface area contributed by atoms with E-state index in [1.54, 1.807) is 36.4 Å². The van der Waals surface area contributed by atoms with Crippen LogP contribution in [-0.2, 0) is 14.8 Å². The highest BCUT2D eigenvalue weighted by Crippen LogP contribution is 2.32. The molecule has 1 amide bonds. The molecule has 0 aliphatic carbocycles. The molecule has 0 aromatic heterocycles. The van der Waals surface area contributed by atoms with E-state index in [2.05, 4.69) is 22.3 Å². The van der Waals surface area contributed by atoms with Crippen LogP contribution in [0.15, 0.2) is 77.7 Å². The number of ether oxygens (including phenoxy) is 2. The summed E-state index contributed by atoms with van der Waals surface area (Å²) < 4.78 is 39.0. The summed E-state index contributed by atoms with van der Waals surface area (Å²) >= 11 is 0. The highest BCUT2D eigenvalue weighted by molar-refractivity contribution is 7.92. The van der Waals surface area contributed by atoms with Gasteiger partial charge in [-0.2, -0.15) is 0 Å². The molecule has 3 aromatic carbocycles. The number of amides is 1. The number of carbonyl (C=O) groups excluding carboxylic acids is 1. The Morgan fingerprint density at radius 2 is 1.59 bits per heavy atom. The molecule has 196 valence electrons. The molecular weight excluding hydrogens is 490 g/mol. The normalized spacial score (nSPS) is 14.2. The third-order valence-electron chi connectivity index (χ3n) is 6.53. The standard InChI is InChI=1S/C28H33N3O5S/c1-21(22-10-12-23(13-11-22)30-18-6-7-19-30)29-28(32)20-31(26-8-4-5-9-27(26)36-3)37(33,34)25-16-14-24(35-2)15-17-25/h4-5,8-17,21H,6-7,18-20H2,1-3H3,(H,29,32). The van der Waals surface area contributed by atoms with E-state index in [1.165, 1.54) is 44.9 Å². The lowest BCUT2D eigenvalue weighted by Crippen LogP contribution is -2.41. The maximum atomic E-state index is 13.7. The summed E-state index contributed by atoms with van der Waals surface area (Å²) in [4.78, 5) is 15.6. The van der Waals surface area contributed by atoms with Crippen LogP contribution in [0.4, 0.5) is 11.4 Å². The first-order valence-electron chi connectivity index (χ1n) is 12.3. The monoisotopic (exact) mass is 523 g/mol. The van der Waals surface area contributed by atoms with Crippen molar-refractivity contribution in [3.63, 3.8) is 0 Å². The van der Waals surface area contributed by atoms with Gasteiger partial charge in [-0.25, -0.2) is 8.42 Å². The van der Waals surface area contributed by atoms with Crippen molar-refractivity contribution in [3.8, 4) is 11.5 Å². The van der Waals surface area contributed by atoms with Crippen LogP contribution < -0.4 is 24.0 Å². The summed E-state index contributed by atoms with van der Waals surface area (Å²) in [5, 5.41) is 2.95. The summed E-state index contributed by atoms with van der Waals surface area (Å²) in [7, 11) is -1.12. The lowest BCUT2D eigenvalue weighted by atomic mass is 10.1. The van der Waals surface area contributed by atoms with Gasteiger partial charge in [-0.3, -0.25) is 9.10 Å². The van der Waals surface area contributed by atoms with Gasteiger partial charge in [-0.1, -0.05) is 24.3 Å². The number of hydrogen-bond acceptors (Lipinski definition) is 6. The average Bonchev–Trinajstić information content (AvgIpc) is 3.47. The Kier molecular flexibility index (Phi) is 8.23. The highest BCUT2D eigenvalue weighted by Gasteiger charge is 2.30. The predicted molar refractivity (Wildman–Crippen MR) is 145 cm³/mol. The van der Waals surface area contributed by atoms with Crippen LogP contribution in [0.3, 0.4) is 0 Å². The molecule has 1 N–H and O–H groups in total. The fraction of sp³-hybridized carbons (Fsp3) is 0.321. The summed E-state index contributed by atoms with van der Waals surface area (Å²) in [5.41, 5.74) is 2.39. The van der Waals surface area contributed by atoms with Gasteiger partial charge in [-0.15, -0.1) is 0 Å². The van der Waals surface area contributed by atoms with Gasteiger partial charge in [0.1, 0.15) is 18.0 Å². The van der Waals surface area contributed by atoms with Crippen molar-refractivity contribution >= 4 is 27.3 Å². The Morgan fingerprint density at radius 3 is 2.22 bits per heavy atom. The molecule has 0 bridgehead atoms. The zero-order valence-corrected chi connectivity index (χ0v) is 22.2. The minimum atomic E-state index is -4.09. The quantitative estimate of drug-likeness (QED) is 0.425. The van der Waals surface area contributed by atoms with E-state index >= 15 is 0 Å². The fourth-order valence-corrected chi connectivity index (χ4v) is 5.89. The Bertz CT molecular complexity index is 1300. The average molecular weight is 524 g/mol. The van der Waals surface area contributed by atoms with Crippen LogP contribution >= 0.6 is 0 Å². The minimum Gasteiger partial charge on any atom is -0.497 e. The number of para-hydroxylation sites is 2. The smallest absolute Gasteiger partial charge is 0.264 e. The predicted octanol–water partition coefficient (Wildman–Crippen LogP) is 4.38.